The maximum Gasteiger partial charge on any atom is 0.279 e. The van der Waals surface area contributed by atoms with Crippen molar-refractivity contribution >= 4 is 27.7 Å². The predicted molar refractivity (Wildman–Crippen MR) is 86.2 cm³/mol. The first-order valence-electron chi connectivity index (χ1n) is 6.85. The molecule has 24 heavy (non-hydrogen) atoms. The van der Waals surface area contributed by atoms with E-state index in [1.807, 2.05) is 0 Å². The van der Waals surface area contributed by atoms with Crippen LogP contribution in [0.25, 0.3) is 0 Å². The predicted octanol–water partition coefficient (Wildman–Crippen LogP) is 2.96. The van der Waals surface area contributed by atoms with Crippen LogP contribution < -0.4 is 15.6 Å². The van der Waals surface area contributed by atoms with Crippen LogP contribution in [0.2, 0.25) is 0 Å². The maximum atomic E-state index is 13.6. The second-order valence-corrected chi connectivity index (χ2v) is 5.67. The summed E-state index contributed by atoms with van der Waals surface area (Å²) in [4.78, 5) is 23.7. The lowest BCUT2D eigenvalue weighted by atomic mass is 10.2. The van der Waals surface area contributed by atoms with Crippen molar-refractivity contribution < 1.29 is 23.1 Å². The van der Waals surface area contributed by atoms with Crippen molar-refractivity contribution in [2.45, 2.75) is 13.0 Å². The van der Waals surface area contributed by atoms with Crippen molar-refractivity contribution in [3.8, 4) is 5.75 Å². The van der Waals surface area contributed by atoms with Crippen molar-refractivity contribution in [1.82, 2.24) is 10.9 Å². The summed E-state index contributed by atoms with van der Waals surface area (Å²) < 4.78 is 32.7. The van der Waals surface area contributed by atoms with Crippen molar-refractivity contribution in [1.29, 1.82) is 0 Å². The van der Waals surface area contributed by atoms with Crippen LogP contribution in [0.3, 0.4) is 0 Å². The van der Waals surface area contributed by atoms with Gasteiger partial charge in [-0.2, -0.15) is 0 Å². The molecule has 0 heterocycles. The van der Waals surface area contributed by atoms with E-state index in [1.165, 1.54) is 37.3 Å². The molecular weight excluding hydrogens is 386 g/mol. The van der Waals surface area contributed by atoms with Crippen LogP contribution in [0.15, 0.2) is 46.9 Å². The minimum Gasteiger partial charge on any atom is -0.478 e. The fourth-order valence-corrected chi connectivity index (χ4v) is 2.10. The quantitative estimate of drug-likeness (QED) is 0.778. The summed E-state index contributed by atoms with van der Waals surface area (Å²) in [6, 6.07) is 9.43. The number of carbonyl (C=O) groups excluding carboxylic acids is 2. The molecule has 0 spiro atoms. The number of hydrogen-bond donors (Lipinski definition) is 2. The molecule has 2 aromatic carbocycles. The molecule has 8 heteroatoms. The SMILES string of the molecule is C[C@H](Oc1ccccc1F)C(=O)NNC(=O)c1cc(Br)ccc1F. The standard InChI is InChI=1S/C16H13BrF2N2O3/c1-9(24-14-5-3-2-4-13(14)19)15(22)20-21-16(23)11-8-10(17)6-7-12(11)18/h2-9H,1H3,(H,20,22)(H,21,23)/t9-/m0/s1. The van der Waals surface area contributed by atoms with E-state index in [-0.39, 0.29) is 11.3 Å². The molecule has 0 radical (unpaired) electrons. The second-order valence-electron chi connectivity index (χ2n) is 4.76. The van der Waals surface area contributed by atoms with Crippen molar-refractivity contribution in [2.24, 2.45) is 0 Å². The number of carbonyl (C=O) groups is 2. The fourth-order valence-electron chi connectivity index (χ4n) is 1.74. The summed E-state index contributed by atoms with van der Waals surface area (Å²) in [6.07, 6.45) is -1.07. The molecular formula is C16H13BrF2N2O3. The molecule has 126 valence electrons. The zero-order valence-electron chi connectivity index (χ0n) is 12.5. The highest BCUT2D eigenvalue weighted by Gasteiger charge is 2.18. The molecule has 2 aromatic rings. The highest BCUT2D eigenvalue weighted by molar-refractivity contribution is 9.10. The monoisotopic (exact) mass is 398 g/mol. The topological polar surface area (TPSA) is 67.4 Å². The molecule has 2 N–H and O–H groups in total. The largest absolute Gasteiger partial charge is 0.478 e. The van der Waals surface area contributed by atoms with Crippen LogP contribution in [-0.2, 0) is 4.79 Å². The van der Waals surface area contributed by atoms with Gasteiger partial charge in [0.15, 0.2) is 17.7 Å². The van der Waals surface area contributed by atoms with Gasteiger partial charge in [-0.3, -0.25) is 20.4 Å². The number of benzene rings is 2. The molecule has 0 aromatic heterocycles. The van der Waals surface area contributed by atoms with E-state index in [0.717, 1.165) is 6.07 Å². The number of rotatable bonds is 4. The molecule has 0 aliphatic heterocycles. The van der Waals surface area contributed by atoms with Crippen molar-refractivity contribution in [3.05, 3.63) is 64.1 Å². The Morgan fingerprint density at radius 2 is 1.79 bits per heavy atom. The average Bonchev–Trinajstić information content (AvgIpc) is 2.56. The Morgan fingerprint density at radius 3 is 2.50 bits per heavy atom. The minimum atomic E-state index is -1.07. The van der Waals surface area contributed by atoms with E-state index < -0.39 is 29.6 Å². The van der Waals surface area contributed by atoms with Crippen molar-refractivity contribution in [2.75, 3.05) is 0 Å². The lowest BCUT2D eigenvalue weighted by molar-refractivity contribution is -0.128. The molecule has 0 unspecified atom stereocenters. The van der Waals surface area contributed by atoms with Gasteiger partial charge in [-0.05, 0) is 37.3 Å². The lowest BCUT2D eigenvalue weighted by Gasteiger charge is -2.15. The van der Waals surface area contributed by atoms with Crippen molar-refractivity contribution in [3.63, 3.8) is 0 Å². The Balaban J connectivity index is 1.93. The molecule has 0 bridgehead atoms. The van der Waals surface area contributed by atoms with Gasteiger partial charge in [-0.25, -0.2) is 8.78 Å². The van der Waals surface area contributed by atoms with Gasteiger partial charge in [0.25, 0.3) is 11.8 Å². The van der Waals surface area contributed by atoms with Gasteiger partial charge in [0.2, 0.25) is 0 Å². The Morgan fingerprint density at radius 1 is 1.08 bits per heavy atom. The van der Waals surface area contributed by atoms with Gasteiger partial charge in [0, 0.05) is 4.47 Å². The van der Waals surface area contributed by atoms with Gasteiger partial charge in [0.05, 0.1) is 5.56 Å². The van der Waals surface area contributed by atoms with Crippen LogP contribution in [0, 0.1) is 11.6 Å². The van der Waals surface area contributed by atoms with Gasteiger partial charge in [0.1, 0.15) is 5.82 Å². The first-order chi connectivity index (χ1) is 11.4. The zero-order valence-corrected chi connectivity index (χ0v) is 14.1. The first kappa shape index (κ1) is 17.9. The molecule has 2 rings (SSSR count). The Bertz CT molecular complexity index is 771. The van der Waals surface area contributed by atoms with Gasteiger partial charge < -0.3 is 4.74 Å². The van der Waals surface area contributed by atoms with Gasteiger partial charge >= 0.3 is 0 Å². The highest BCUT2D eigenvalue weighted by atomic mass is 79.9. The smallest absolute Gasteiger partial charge is 0.279 e. The molecule has 0 aliphatic rings. The third-order valence-corrected chi connectivity index (χ3v) is 3.48. The van der Waals surface area contributed by atoms with E-state index in [9.17, 15) is 18.4 Å². The molecule has 0 saturated heterocycles. The number of nitrogens with one attached hydrogen (secondary N) is 2. The Kier molecular flexibility index (Phi) is 5.86. The van der Waals surface area contributed by atoms with Crippen LogP contribution in [-0.4, -0.2) is 17.9 Å². The third-order valence-electron chi connectivity index (χ3n) is 2.98. The molecule has 2 amide bonds. The molecule has 1 atom stereocenters. The molecule has 0 aliphatic carbocycles. The van der Waals surface area contributed by atoms with Crippen LogP contribution in [0.4, 0.5) is 8.78 Å². The number of amides is 2. The Hall–Kier alpha value is -2.48. The summed E-state index contributed by atoms with van der Waals surface area (Å²) in [5.41, 5.74) is 3.93. The number of halogens is 3. The van der Waals surface area contributed by atoms with E-state index in [1.54, 1.807) is 6.07 Å². The second kappa shape index (κ2) is 7.87. The summed E-state index contributed by atoms with van der Waals surface area (Å²) >= 11 is 3.12. The molecule has 5 nitrogen and oxygen atoms in total. The van der Waals surface area contributed by atoms with E-state index >= 15 is 0 Å². The number of hydrazine groups is 1. The molecule has 0 saturated carbocycles. The summed E-state index contributed by atoms with van der Waals surface area (Å²) in [6.45, 7) is 1.38. The average molecular weight is 399 g/mol. The van der Waals surface area contributed by atoms with Crippen LogP contribution >= 0.6 is 15.9 Å². The highest BCUT2D eigenvalue weighted by Crippen LogP contribution is 2.17. The fraction of sp³-hybridized carbons (Fsp3) is 0.125. The van der Waals surface area contributed by atoms with E-state index in [0.29, 0.717) is 4.47 Å². The van der Waals surface area contributed by atoms with Gasteiger partial charge in [-0.1, -0.05) is 28.1 Å². The summed E-state index contributed by atoms with van der Waals surface area (Å²) in [7, 11) is 0. The Labute approximate surface area is 145 Å². The minimum absolute atomic E-state index is 0.0930. The summed E-state index contributed by atoms with van der Waals surface area (Å²) in [5, 5.41) is 0. The normalized spacial score (nSPS) is 11.5. The third kappa shape index (κ3) is 4.51. The number of para-hydroxylation sites is 1. The zero-order chi connectivity index (χ0) is 17.7. The number of hydrogen-bond acceptors (Lipinski definition) is 3. The van der Waals surface area contributed by atoms with Crippen LogP contribution in [0.1, 0.15) is 17.3 Å². The van der Waals surface area contributed by atoms with Crippen LogP contribution in [0.5, 0.6) is 5.75 Å². The van der Waals surface area contributed by atoms with E-state index in [2.05, 4.69) is 26.8 Å². The first-order valence-corrected chi connectivity index (χ1v) is 7.64. The maximum absolute atomic E-state index is 13.6. The van der Waals surface area contributed by atoms with E-state index in [4.69, 9.17) is 4.74 Å². The van der Waals surface area contributed by atoms with Gasteiger partial charge in [-0.15, -0.1) is 0 Å². The lowest BCUT2D eigenvalue weighted by Crippen LogP contribution is -2.47. The molecule has 0 fully saturated rings. The summed E-state index contributed by atoms with van der Waals surface area (Å²) in [5.74, 6) is -3.00. The number of ether oxygens (including phenoxy) is 1.